The number of unbranched alkanes of at least 4 members (excludes halogenated alkanes) is 12. The second kappa shape index (κ2) is 22.0. The van der Waals surface area contributed by atoms with Gasteiger partial charge in [0.2, 0.25) is 0 Å². The van der Waals surface area contributed by atoms with E-state index < -0.39 is 27.0 Å². The van der Waals surface area contributed by atoms with E-state index in [2.05, 4.69) is 27.7 Å². The molecule has 0 aliphatic carbocycles. The molecule has 0 aromatic heterocycles. The molecule has 0 saturated heterocycles. The first-order valence-corrected chi connectivity index (χ1v) is 21.2. The molecule has 0 amide bonds. The van der Waals surface area contributed by atoms with Crippen LogP contribution in [0.5, 0.6) is 0 Å². The van der Waals surface area contributed by atoms with Gasteiger partial charge in [-0.05, 0) is 0 Å². The predicted octanol–water partition coefficient (Wildman–Crippen LogP) is 9.94. The fraction of sp³-hybridized carbons (Fsp3) is 1.00. The van der Waals surface area contributed by atoms with Crippen molar-refractivity contribution in [3.8, 4) is 0 Å². The molecule has 174 valence electrons. The zero-order valence-corrected chi connectivity index (χ0v) is 24.1. The predicted molar refractivity (Wildman–Crippen MR) is 131 cm³/mol. The SMILES string of the molecule is CCCCCCCCCCCCO[P+](=O)[O][Sn]([CH2]CCC)([CH2]CCC)[CH2]CCC. The van der Waals surface area contributed by atoms with Crippen LogP contribution in [-0.2, 0) is 11.9 Å². The molecule has 1 atom stereocenters. The number of rotatable bonds is 23. The molecule has 29 heavy (non-hydrogen) atoms. The van der Waals surface area contributed by atoms with Gasteiger partial charge in [-0.25, -0.2) is 0 Å². The number of hydrogen-bond donors (Lipinski definition) is 0. The van der Waals surface area contributed by atoms with Crippen LogP contribution in [-0.4, -0.2) is 25.4 Å². The first-order chi connectivity index (χ1) is 14.1. The molecule has 0 aliphatic heterocycles. The van der Waals surface area contributed by atoms with Gasteiger partial charge in [0.1, 0.15) is 0 Å². The van der Waals surface area contributed by atoms with Gasteiger partial charge in [-0.3, -0.25) is 0 Å². The van der Waals surface area contributed by atoms with Crippen LogP contribution >= 0.6 is 8.25 Å². The van der Waals surface area contributed by atoms with E-state index in [4.69, 9.17) is 7.38 Å². The zero-order chi connectivity index (χ0) is 21.6. The third-order valence-electron chi connectivity index (χ3n) is 5.92. The normalized spacial score (nSPS) is 12.5. The first kappa shape index (κ1) is 29.8. The molecular formula is C24H52O3PSn+. The maximum absolute atomic E-state index is 12.6. The second-order valence-corrected chi connectivity index (χ2v) is 22.3. The summed E-state index contributed by atoms with van der Waals surface area (Å²) in [5.74, 6) is 0. The Balaban J connectivity index is 4.07. The minimum atomic E-state index is -2.79. The van der Waals surface area contributed by atoms with Gasteiger partial charge in [0.25, 0.3) is 0 Å². The Bertz CT molecular complexity index is 344. The van der Waals surface area contributed by atoms with Crippen molar-refractivity contribution in [3.05, 3.63) is 0 Å². The molecule has 0 bridgehead atoms. The summed E-state index contributed by atoms with van der Waals surface area (Å²) in [5.41, 5.74) is 0. The van der Waals surface area contributed by atoms with Crippen LogP contribution in [0.15, 0.2) is 0 Å². The summed E-state index contributed by atoms with van der Waals surface area (Å²) in [6.45, 7) is 9.61. The molecule has 5 heteroatoms. The van der Waals surface area contributed by atoms with Gasteiger partial charge in [-0.1, -0.05) is 19.8 Å². The Kier molecular flexibility index (Phi) is 22.7. The van der Waals surface area contributed by atoms with E-state index in [9.17, 15) is 4.57 Å². The average molecular weight is 538 g/mol. The van der Waals surface area contributed by atoms with Crippen molar-refractivity contribution in [1.82, 2.24) is 0 Å². The van der Waals surface area contributed by atoms with Crippen molar-refractivity contribution in [2.45, 2.75) is 144 Å². The van der Waals surface area contributed by atoms with Gasteiger partial charge in [0.05, 0.1) is 0 Å². The molecule has 0 aliphatic rings. The molecule has 1 unspecified atom stereocenters. The maximum atomic E-state index is 12.6. The summed E-state index contributed by atoms with van der Waals surface area (Å²) in [4.78, 5) is 0. The number of hydrogen-bond acceptors (Lipinski definition) is 3. The molecule has 0 spiro atoms. The van der Waals surface area contributed by atoms with Crippen LogP contribution in [0.2, 0.25) is 13.3 Å². The molecule has 0 heterocycles. The van der Waals surface area contributed by atoms with E-state index in [1.807, 2.05) is 0 Å². The van der Waals surface area contributed by atoms with Gasteiger partial charge in [0.15, 0.2) is 0 Å². The summed E-state index contributed by atoms with van der Waals surface area (Å²) in [6, 6.07) is 0. The first-order valence-electron chi connectivity index (χ1n) is 12.9. The molecule has 0 N–H and O–H groups in total. The Labute approximate surface area is 188 Å². The second-order valence-electron chi connectivity index (χ2n) is 8.82. The third kappa shape index (κ3) is 18.1. The summed E-state index contributed by atoms with van der Waals surface area (Å²) >= 11 is -2.79. The van der Waals surface area contributed by atoms with Gasteiger partial charge in [0, 0.05) is 0 Å². The average Bonchev–Trinajstić information content (AvgIpc) is 2.73. The van der Waals surface area contributed by atoms with Gasteiger partial charge in [-0.15, -0.1) is 0 Å². The monoisotopic (exact) mass is 539 g/mol. The van der Waals surface area contributed by atoms with Crippen LogP contribution in [0.3, 0.4) is 0 Å². The summed E-state index contributed by atoms with van der Waals surface area (Å²) < 4.78 is 28.2. The molecule has 0 aromatic carbocycles. The van der Waals surface area contributed by atoms with E-state index in [-0.39, 0.29) is 0 Å². The Hall–Kier alpha value is 0.819. The van der Waals surface area contributed by atoms with E-state index in [0.717, 1.165) is 6.42 Å². The molecular weight excluding hydrogens is 486 g/mol. The fourth-order valence-electron chi connectivity index (χ4n) is 3.92. The van der Waals surface area contributed by atoms with E-state index in [1.165, 1.54) is 110 Å². The van der Waals surface area contributed by atoms with Gasteiger partial charge in [-0.2, -0.15) is 0 Å². The van der Waals surface area contributed by atoms with Crippen molar-refractivity contribution in [1.29, 1.82) is 0 Å². The Morgan fingerprint density at radius 1 is 0.552 bits per heavy atom. The quantitative estimate of drug-likeness (QED) is 0.0738. The zero-order valence-electron chi connectivity index (χ0n) is 20.3. The van der Waals surface area contributed by atoms with Crippen molar-refractivity contribution in [2.75, 3.05) is 6.61 Å². The molecule has 0 fully saturated rings. The summed E-state index contributed by atoms with van der Waals surface area (Å²) in [7, 11) is -1.91. The standard InChI is InChI=1S/C12H25O3P.3C4H9.Sn/c1-2-3-4-5-6-7-8-9-10-11-12-15-16(13)14;3*1-3-4-2;/h2-12H2,1H3;3*1,3-4H2,2H3;/q;;;;+1. The van der Waals surface area contributed by atoms with E-state index in [0.29, 0.717) is 6.61 Å². The van der Waals surface area contributed by atoms with Crippen molar-refractivity contribution >= 4 is 27.0 Å². The van der Waals surface area contributed by atoms with Crippen LogP contribution in [0, 0.1) is 0 Å². The van der Waals surface area contributed by atoms with Crippen molar-refractivity contribution in [3.63, 3.8) is 0 Å². The summed E-state index contributed by atoms with van der Waals surface area (Å²) in [5, 5.41) is 0. The van der Waals surface area contributed by atoms with Gasteiger partial charge < -0.3 is 0 Å². The molecule has 3 nitrogen and oxygen atoms in total. The third-order valence-corrected chi connectivity index (χ3v) is 22.3. The van der Waals surface area contributed by atoms with Crippen LogP contribution in [0.25, 0.3) is 0 Å². The Morgan fingerprint density at radius 2 is 0.931 bits per heavy atom. The fourth-order valence-corrected chi connectivity index (χ4v) is 21.0. The summed E-state index contributed by atoms with van der Waals surface area (Å²) in [6.07, 6.45) is 20.4. The molecule has 0 rings (SSSR count). The van der Waals surface area contributed by atoms with E-state index >= 15 is 0 Å². The topological polar surface area (TPSA) is 35.5 Å². The van der Waals surface area contributed by atoms with Crippen LogP contribution < -0.4 is 0 Å². The van der Waals surface area contributed by atoms with Crippen molar-refractivity contribution < 1.29 is 11.9 Å². The van der Waals surface area contributed by atoms with Crippen LogP contribution in [0.1, 0.15) is 130 Å². The van der Waals surface area contributed by atoms with Crippen molar-refractivity contribution in [2.24, 2.45) is 0 Å². The van der Waals surface area contributed by atoms with E-state index in [1.54, 1.807) is 0 Å². The molecule has 0 radical (unpaired) electrons. The Morgan fingerprint density at radius 3 is 1.34 bits per heavy atom. The molecule has 0 saturated carbocycles. The van der Waals surface area contributed by atoms with Gasteiger partial charge >= 0.3 is 170 Å². The minimum absolute atomic E-state index is 0.600. The molecule has 0 aromatic rings. The van der Waals surface area contributed by atoms with Crippen LogP contribution in [0.4, 0.5) is 0 Å².